The third-order valence-electron chi connectivity index (χ3n) is 2.54. The van der Waals surface area contributed by atoms with Crippen molar-refractivity contribution in [3.8, 4) is 0 Å². The van der Waals surface area contributed by atoms with Gasteiger partial charge in [-0.15, -0.1) is 0 Å². The average Bonchev–Trinajstić information content (AvgIpc) is 2.38. The zero-order valence-corrected chi connectivity index (χ0v) is 11.5. The summed E-state index contributed by atoms with van der Waals surface area (Å²) in [4.78, 5) is 13.9. The molecule has 0 atom stereocenters. The molecule has 8 heteroatoms. The molecule has 2 aromatic rings. The standard InChI is InChI=1S/C13H11FN2O4S/c14-11-2-1-3-12(15-11)16-21(19,20)10-6-4-9(5-7-10)8-13(17)18/h1-7H,8H2,(H,15,16)(H,17,18). The van der Waals surface area contributed by atoms with E-state index in [1.54, 1.807) is 0 Å². The molecule has 0 saturated heterocycles. The first-order valence-electron chi connectivity index (χ1n) is 5.83. The Balaban J connectivity index is 2.21. The van der Waals surface area contributed by atoms with Crippen molar-refractivity contribution in [2.24, 2.45) is 0 Å². The number of rotatable bonds is 5. The van der Waals surface area contributed by atoms with Crippen LogP contribution in [0, 0.1) is 5.95 Å². The van der Waals surface area contributed by atoms with Crippen molar-refractivity contribution in [1.29, 1.82) is 0 Å². The summed E-state index contributed by atoms with van der Waals surface area (Å²) in [5, 5.41) is 8.64. The Bertz CT molecular complexity index is 760. The molecule has 2 N–H and O–H groups in total. The Morgan fingerprint density at radius 3 is 2.43 bits per heavy atom. The number of carboxylic acid groups (broad SMARTS) is 1. The van der Waals surface area contributed by atoms with Crippen LogP contribution in [-0.4, -0.2) is 24.5 Å². The van der Waals surface area contributed by atoms with Gasteiger partial charge in [-0.2, -0.15) is 4.39 Å². The van der Waals surface area contributed by atoms with Gasteiger partial charge in [-0.05, 0) is 29.8 Å². The van der Waals surface area contributed by atoms with Crippen LogP contribution in [0.4, 0.5) is 10.2 Å². The molecule has 0 saturated carbocycles. The van der Waals surface area contributed by atoms with Crippen LogP contribution < -0.4 is 4.72 Å². The first kappa shape index (κ1) is 14.9. The summed E-state index contributed by atoms with van der Waals surface area (Å²) in [5.41, 5.74) is 0.477. The highest BCUT2D eigenvalue weighted by molar-refractivity contribution is 7.92. The lowest BCUT2D eigenvalue weighted by Gasteiger charge is -2.07. The third kappa shape index (κ3) is 3.99. The lowest BCUT2D eigenvalue weighted by molar-refractivity contribution is -0.136. The minimum Gasteiger partial charge on any atom is -0.481 e. The molecule has 0 unspecified atom stereocenters. The van der Waals surface area contributed by atoms with Gasteiger partial charge in [0.25, 0.3) is 10.0 Å². The molecular formula is C13H11FN2O4S. The highest BCUT2D eigenvalue weighted by atomic mass is 32.2. The number of carboxylic acids is 1. The third-order valence-corrected chi connectivity index (χ3v) is 3.91. The maximum absolute atomic E-state index is 12.9. The van der Waals surface area contributed by atoms with Gasteiger partial charge in [-0.3, -0.25) is 9.52 Å². The van der Waals surface area contributed by atoms with Gasteiger partial charge in [-0.1, -0.05) is 18.2 Å². The van der Waals surface area contributed by atoms with Crippen molar-refractivity contribution in [3.63, 3.8) is 0 Å². The van der Waals surface area contributed by atoms with Gasteiger partial charge in [0, 0.05) is 0 Å². The van der Waals surface area contributed by atoms with Crippen molar-refractivity contribution in [1.82, 2.24) is 4.98 Å². The smallest absolute Gasteiger partial charge is 0.307 e. The molecule has 110 valence electrons. The zero-order chi connectivity index (χ0) is 15.5. The molecule has 0 aliphatic heterocycles. The number of hydrogen-bond acceptors (Lipinski definition) is 4. The lowest BCUT2D eigenvalue weighted by atomic mass is 10.2. The molecule has 1 aromatic heterocycles. The molecule has 6 nitrogen and oxygen atoms in total. The monoisotopic (exact) mass is 310 g/mol. The normalized spacial score (nSPS) is 11.1. The Morgan fingerprint density at radius 2 is 1.86 bits per heavy atom. The van der Waals surface area contributed by atoms with Gasteiger partial charge < -0.3 is 5.11 Å². The molecule has 0 aliphatic rings. The number of nitrogens with one attached hydrogen (secondary N) is 1. The Kier molecular flexibility index (Phi) is 4.18. The molecule has 0 amide bonds. The summed E-state index contributed by atoms with van der Waals surface area (Å²) in [6.07, 6.45) is -0.195. The van der Waals surface area contributed by atoms with Crippen molar-refractivity contribution in [3.05, 3.63) is 54.0 Å². The molecule has 21 heavy (non-hydrogen) atoms. The predicted octanol–water partition coefficient (Wildman–Crippen LogP) is 1.65. The largest absolute Gasteiger partial charge is 0.481 e. The molecule has 0 bridgehead atoms. The minimum atomic E-state index is -3.90. The Hall–Kier alpha value is -2.48. The maximum Gasteiger partial charge on any atom is 0.307 e. The Morgan fingerprint density at radius 1 is 1.19 bits per heavy atom. The number of hydrogen-bond donors (Lipinski definition) is 2. The van der Waals surface area contributed by atoms with Crippen LogP contribution in [0.15, 0.2) is 47.4 Å². The van der Waals surface area contributed by atoms with E-state index in [9.17, 15) is 17.6 Å². The first-order chi connectivity index (χ1) is 9.87. The highest BCUT2D eigenvalue weighted by Crippen LogP contribution is 2.15. The summed E-state index contributed by atoms with van der Waals surface area (Å²) in [5.74, 6) is -1.94. The lowest BCUT2D eigenvalue weighted by Crippen LogP contribution is -2.14. The number of sulfonamides is 1. The fourth-order valence-corrected chi connectivity index (χ4v) is 2.62. The van der Waals surface area contributed by atoms with Crippen LogP contribution in [0.5, 0.6) is 0 Å². The fourth-order valence-electron chi connectivity index (χ4n) is 1.62. The van der Waals surface area contributed by atoms with Gasteiger partial charge in [0.15, 0.2) is 0 Å². The van der Waals surface area contributed by atoms with E-state index in [-0.39, 0.29) is 17.1 Å². The quantitative estimate of drug-likeness (QED) is 0.819. The number of pyridine rings is 1. The van der Waals surface area contributed by atoms with Crippen molar-refractivity contribution >= 4 is 21.8 Å². The summed E-state index contributed by atoms with van der Waals surface area (Å²) in [7, 11) is -3.90. The molecule has 1 aromatic carbocycles. The number of halogens is 1. The zero-order valence-electron chi connectivity index (χ0n) is 10.7. The highest BCUT2D eigenvalue weighted by Gasteiger charge is 2.15. The van der Waals surface area contributed by atoms with Crippen LogP contribution in [0.25, 0.3) is 0 Å². The van der Waals surface area contributed by atoms with Gasteiger partial charge in [0.05, 0.1) is 11.3 Å². The second kappa shape index (κ2) is 5.88. The van der Waals surface area contributed by atoms with Crippen LogP contribution in [0.2, 0.25) is 0 Å². The number of aromatic nitrogens is 1. The molecule has 0 spiro atoms. The second-order valence-electron chi connectivity index (χ2n) is 4.17. The van der Waals surface area contributed by atoms with E-state index in [1.807, 2.05) is 0 Å². The summed E-state index contributed by atoms with van der Waals surface area (Å²) >= 11 is 0. The van der Waals surface area contributed by atoms with Crippen LogP contribution >= 0.6 is 0 Å². The molecule has 0 radical (unpaired) electrons. The topological polar surface area (TPSA) is 96.4 Å². The van der Waals surface area contributed by atoms with E-state index in [1.165, 1.54) is 36.4 Å². The van der Waals surface area contributed by atoms with Gasteiger partial charge >= 0.3 is 5.97 Å². The summed E-state index contributed by atoms with van der Waals surface area (Å²) in [6.45, 7) is 0. The summed E-state index contributed by atoms with van der Waals surface area (Å²) < 4.78 is 39.2. The molecule has 2 rings (SSSR count). The Labute approximate surface area is 120 Å². The van der Waals surface area contributed by atoms with E-state index >= 15 is 0 Å². The number of carbonyl (C=O) groups is 1. The summed E-state index contributed by atoms with van der Waals surface area (Å²) in [6, 6.07) is 9.11. The molecule has 1 heterocycles. The van der Waals surface area contributed by atoms with E-state index in [0.29, 0.717) is 5.56 Å². The maximum atomic E-state index is 12.9. The van der Waals surface area contributed by atoms with E-state index in [4.69, 9.17) is 5.11 Å². The molecular weight excluding hydrogens is 299 g/mol. The van der Waals surface area contributed by atoms with Gasteiger partial charge in [0.2, 0.25) is 5.95 Å². The SMILES string of the molecule is O=C(O)Cc1ccc(S(=O)(=O)Nc2cccc(F)n2)cc1. The first-order valence-corrected chi connectivity index (χ1v) is 7.31. The molecule has 0 aliphatic carbocycles. The number of nitrogens with zero attached hydrogens (tertiary/aromatic N) is 1. The van der Waals surface area contributed by atoms with Crippen molar-refractivity contribution < 1.29 is 22.7 Å². The van der Waals surface area contributed by atoms with Crippen LogP contribution in [0.3, 0.4) is 0 Å². The number of aliphatic carboxylic acids is 1. The van der Waals surface area contributed by atoms with Gasteiger partial charge in [0.1, 0.15) is 5.82 Å². The average molecular weight is 310 g/mol. The van der Waals surface area contributed by atoms with Gasteiger partial charge in [-0.25, -0.2) is 13.4 Å². The van der Waals surface area contributed by atoms with Crippen molar-refractivity contribution in [2.45, 2.75) is 11.3 Å². The number of benzene rings is 1. The predicted molar refractivity (Wildman–Crippen MR) is 72.8 cm³/mol. The van der Waals surface area contributed by atoms with Crippen LogP contribution in [-0.2, 0) is 21.2 Å². The number of anilines is 1. The minimum absolute atomic E-state index is 0.0669. The van der Waals surface area contributed by atoms with Crippen molar-refractivity contribution in [2.75, 3.05) is 4.72 Å². The van der Waals surface area contributed by atoms with E-state index in [0.717, 1.165) is 6.07 Å². The second-order valence-corrected chi connectivity index (χ2v) is 5.85. The van der Waals surface area contributed by atoms with E-state index < -0.39 is 21.9 Å². The molecule has 0 fully saturated rings. The van der Waals surface area contributed by atoms with Crippen LogP contribution in [0.1, 0.15) is 5.56 Å². The van der Waals surface area contributed by atoms with E-state index in [2.05, 4.69) is 9.71 Å². The fraction of sp³-hybridized carbons (Fsp3) is 0.0769.